The van der Waals surface area contributed by atoms with Crippen LogP contribution in [0.15, 0.2) is 26.0 Å². The van der Waals surface area contributed by atoms with E-state index in [1.165, 1.54) is 0 Å². The predicted octanol–water partition coefficient (Wildman–Crippen LogP) is 3.78. The minimum absolute atomic E-state index is 0.00584. The molecule has 0 aliphatic carbocycles. The first kappa shape index (κ1) is 17.3. The summed E-state index contributed by atoms with van der Waals surface area (Å²) in [6, 6.07) is 1.86. The molecule has 132 valence electrons. The smallest absolute Gasteiger partial charge is 0.340 e. The molecule has 0 atom stereocenters. The molecule has 0 bridgehead atoms. The van der Waals surface area contributed by atoms with E-state index in [9.17, 15) is 9.59 Å². The van der Waals surface area contributed by atoms with Crippen molar-refractivity contribution in [3.8, 4) is 0 Å². The number of hydrogen-bond donors (Lipinski definition) is 1. The van der Waals surface area contributed by atoms with Crippen molar-refractivity contribution in [1.29, 1.82) is 0 Å². The average Bonchev–Trinajstić information content (AvgIpc) is 2.91. The van der Waals surface area contributed by atoms with Gasteiger partial charge in [0.2, 0.25) is 5.91 Å². The molecule has 0 unspecified atom stereocenters. The van der Waals surface area contributed by atoms with Crippen molar-refractivity contribution >= 4 is 27.8 Å². The molecule has 3 rings (SSSR count). The number of aryl methyl sites for hydroxylation is 3. The third-order valence-electron chi connectivity index (χ3n) is 4.51. The van der Waals surface area contributed by atoms with Gasteiger partial charge in [-0.15, -0.1) is 0 Å². The highest BCUT2D eigenvalue weighted by Gasteiger charge is 2.19. The largest absolute Gasteiger partial charge is 0.463 e. The Labute approximate surface area is 146 Å². The zero-order valence-corrected chi connectivity index (χ0v) is 15.3. The van der Waals surface area contributed by atoms with Gasteiger partial charge in [-0.1, -0.05) is 13.8 Å². The zero-order chi connectivity index (χ0) is 18.3. The Morgan fingerprint density at radius 2 is 1.88 bits per heavy atom. The second-order valence-corrected chi connectivity index (χ2v) is 7.06. The van der Waals surface area contributed by atoms with Gasteiger partial charge in [0.1, 0.15) is 11.2 Å². The van der Waals surface area contributed by atoms with E-state index in [1.807, 2.05) is 40.7 Å². The number of nitrogens with one attached hydrogen (secondary N) is 1. The molecule has 0 radical (unpaired) electrons. The van der Waals surface area contributed by atoms with Crippen LogP contribution >= 0.6 is 0 Å². The molecule has 3 aromatic rings. The Morgan fingerprint density at radius 3 is 2.56 bits per heavy atom. The Hall–Kier alpha value is -2.56. The molecular formula is C20H23NO4. The van der Waals surface area contributed by atoms with E-state index in [0.717, 1.165) is 27.5 Å². The molecule has 5 nitrogen and oxygen atoms in total. The Morgan fingerprint density at radius 1 is 1.16 bits per heavy atom. The Balaban J connectivity index is 2.15. The molecule has 0 aliphatic heterocycles. The number of carbonyl (C=O) groups is 1. The molecule has 2 heterocycles. The first-order valence-electron chi connectivity index (χ1n) is 8.50. The molecule has 25 heavy (non-hydrogen) atoms. The van der Waals surface area contributed by atoms with E-state index >= 15 is 0 Å². The second kappa shape index (κ2) is 6.39. The lowest BCUT2D eigenvalue weighted by atomic mass is 9.98. The van der Waals surface area contributed by atoms with E-state index in [4.69, 9.17) is 8.83 Å². The van der Waals surface area contributed by atoms with Gasteiger partial charge in [-0.25, -0.2) is 4.79 Å². The van der Waals surface area contributed by atoms with Gasteiger partial charge in [0.25, 0.3) is 0 Å². The molecule has 0 saturated carbocycles. The van der Waals surface area contributed by atoms with Crippen molar-refractivity contribution < 1.29 is 13.6 Å². The number of rotatable bonds is 4. The maximum absolute atomic E-state index is 12.4. The Bertz CT molecular complexity index is 1020. The summed E-state index contributed by atoms with van der Waals surface area (Å²) in [5, 5.41) is 4.63. The van der Waals surface area contributed by atoms with Crippen molar-refractivity contribution in [3.63, 3.8) is 0 Å². The van der Waals surface area contributed by atoms with Crippen LogP contribution in [-0.4, -0.2) is 12.5 Å². The minimum atomic E-state index is -0.466. The van der Waals surface area contributed by atoms with E-state index in [-0.39, 0.29) is 12.3 Å². The molecule has 0 aliphatic rings. The molecule has 0 saturated heterocycles. The molecule has 0 spiro atoms. The third kappa shape index (κ3) is 3.06. The van der Waals surface area contributed by atoms with Gasteiger partial charge in [-0.05, 0) is 49.4 Å². The highest BCUT2D eigenvalue weighted by Crippen LogP contribution is 2.34. The summed E-state index contributed by atoms with van der Waals surface area (Å²) in [4.78, 5) is 24.6. The van der Waals surface area contributed by atoms with E-state index < -0.39 is 5.63 Å². The van der Waals surface area contributed by atoms with Crippen LogP contribution in [0.25, 0.3) is 21.9 Å². The maximum atomic E-state index is 12.4. The number of carbonyl (C=O) groups excluding carboxylic acids is 1. The van der Waals surface area contributed by atoms with Gasteiger partial charge in [0.15, 0.2) is 0 Å². The van der Waals surface area contributed by atoms with Crippen LogP contribution in [0, 0.1) is 26.7 Å². The predicted molar refractivity (Wildman–Crippen MR) is 98.0 cm³/mol. The molecule has 2 aromatic heterocycles. The summed E-state index contributed by atoms with van der Waals surface area (Å²) < 4.78 is 11.2. The molecule has 5 heteroatoms. The van der Waals surface area contributed by atoms with Crippen molar-refractivity contribution in [2.24, 2.45) is 5.92 Å². The second-order valence-electron chi connectivity index (χ2n) is 7.06. The quantitative estimate of drug-likeness (QED) is 0.733. The van der Waals surface area contributed by atoms with Gasteiger partial charge in [0.05, 0.1) is 23.6 Å². The van der Waals surface area contributed by atoms with Crippen LogP contribution in [0.4, 0.5) is 0 Å². The highest BCUT2D eigenvalue weighted by atomic mass is 16.4. The number of fused-ring (bicyclic) bond motifs is 3. The van der Waals surface area contributed by atoms with Gasteiger partial charge in [-0.2, -0.15) is 0 Å². The van der Waals surface area contributed by atoms with Crippen molar-refractivity contribution in [3.05, 3.63) is 45.0 Å². The number of amides is 1. The SMILES string of the molecule is Cc1coc2c1c(C)cc1oc(=O)c(CC(=O)NCC(C)C)c(C)c12. The van der Waals surface area contributed by atoms with Gasteiger partial charge < -0.3 is 14.2 Å². The van der Waals surface area contributed by atoms with Crippen molar-refractivity contribution in [1.82, 2.24) is 5.32 Å². The Kier molecular flexibility index (Phi) is 4.41. The molecule has 1 aromatic carbocycles. The fourth-order valence-electron chi connectivity index (χ4n) is 3.22. The van der Waals surface area contributed by atoms with Crippen LogP contribution in [0.5, 0.6) is 0 Å². The summed E-state index contributed by atoms with van der Waals surface area (Å²) in [5.74, 6) is 0.175. The van der Waals surface area contributed by atoms with Crippen LogP contribution in [-0.2, 0) is 11.2 Å². The van der Waals surface area contributed by atoms with Gasteiger partial charge in [-0.3, -0.25) is 4.79 Å². The molecule has 0 fully saturated rings. The zero-order valence-electron chi connectivity index (χ0n) is 15.3. The van der Waals surface area contributed by atoms with Crippen LogP contribution in [0.1, 0.15) is 36.1 Å². The molecule has 1 amide bonds. The number of furan rings is 1. The number of benzene rings is 1. The summed E-state index contributed by atoms with van der Waals surface area (Å²) >= 11 is 0. The van der Waals surface area contributed by atoms with Gasteiger partial charge in [0, 0.05) is 11.9 Å². The number of hydrogen-bond acceptors (Lipinski definition) is 4. The fraction of sp³-hybridized carbons (Fsp3) is 0.400. The van der Waals surface area contributed by atoms with Crippen LogP contribution < -0.4 is 10.9 Å². The average molecular weight is 341 g/mol. The van der Waals surface area contributed by atoms with Gasteiger partial charge >= 0.3 is 5.63 Å². The summed E-state index contributed by atoms with van der Waals surface area (Å²) in [5.41, 5.74) is 3.89. The van der Waals surface area contributed by atoms with Crippen molar-refractivity contribution in [2.45, 2.75) is 41.0 Å². The normalized spacial score (nSPS) is 11.6. The monoisotopic (exact) mass is 341 g/mol. The van der Waals surface area contributed by atoms with E-state index in [1.54, 1.807) is 6.26 Å². The highest BCUT2D eigenvalue weighted by molar-refractivity contribution is 6.07. The maximum Gasteiger partial charge on any atom is 0.340 e. The fourth-order valence-corrected chi connectivity index (χ4v) is 3.22. The standard InChI is InChI=1S/C20H23NO4/c1-10(2)8-21-16(22)7-14-13(5)18-15(25-20(14)23)6-11(3)17-12(4)9-24-19(17)18/h6,9-10H,7-8H2,1-5H3,(H,21,22). The third-order valence-corrected chi connectivity index (χ3v) is 4.51. The van der Waals surface area contributed by atoms with Crippen LogP contribution in [0.3, 0.4) is 0 Å². The topological polar surface area (TPSA) is 72.5 Å². The summed E-state index contributed by atoms with van der Waals surface area (Å²) in [6.45, 7) is 10.4. The van der Waals surface area contributed by atoms with Crippen LogP contribution in [0.2, 0.25) is 0 Å². The lowest BCUT2D eigenvalue weighted by Gasteiger charge is -2.11. The molecular weight excluding hydrogens is 318 g/mol. The first-order valence-corrected chi connectivity index (χ1v) is 8.50. The lowest BCUT2D eigenvalue weighted by molar-refractivity contribution is -0.120. The first-order chi connectivity index (χ1) is 11.8. The summed E-state index contributed by atoms with van der Waals surface area (Å²) in [6.07, 6.45) is 1.71. The van der Waals surface area contributed by atoms with E-state index in [0.29, 0.717) is 29.2 Å². The minimum Gasteiger partial charge on any atom is -0.463 e. The lowest BCUT2D eigenvalue weighted by Crippen LogP contribution is -2.30. The van der Waals surface area contributed by atoms with E-state index in [2.05, 4.69) is 5.32 Å². The van der Waals surface area contributed by atoms with Crippen molar-refractivity contribution in [2.75, 3.05) is 6.54 Å². The summed E-state index contributed by atoms with van der Waals surface area (Å²) in [7, 11) is 0. The molecule has 1 N–H and O–H groups in total.